The van der Waals surface area contributed by atoms with Crippen molar-refractivity contribution in [2.45, 2.75) is 25.4 Å². The summed E-state index contributed by atoms with van der Waals surface area (Å²) in [4.78, 5) is 0. The van der Waals surface area contributed by atoms with E-state index in [1.807, 2.05) is 6.92 Å². The normalized spacial score (nSPS) is 16.3. The Kier molecular flexibility index (Phi) is 3.89. The van der Waals surface area contributed by atoms with Crippen molar-refractivity contribution in [3.05, 3.63) is 23.3 Å². The Bertz CT molecular complexity index is 460. The molecule has 1 unspecified atom stereocenters. The summed E-state index contributed by atoms with van der Waals surface area (Å²) in [5, 5.41) is 0. The van der Waals surface area contributed by atoms with Gasteiger partial charge in [0.15, 0.2) is 11.5 Å². The average Bonchev–Trinajstić information content (AvgIpc) is 2.36. The Hall–Kier alpha value is -1.43. The first-order chi connectivity index (χ1) is 8.95. The maximum atomic E-state index is 12.9. The molecular formula is C13H16F3NO2. The minimum absolute atomic E-state index is 0.0303. The highest BCUT2D eigenvalue weighted by molar-refractivity contribution is 5.55. The van der Waals surface area contributed by atoms with Crippen LogP contribution in [0.4, 0.5) is 13.2 Å². The van der Waals surface area contributed by atoms with Crippen LogP contribution in [0.3, 0.4) is 0 Å². The standard InChI is InChI=1S/C13H16F3NO2/c1-8(4-5-17)9-2-3-10(13(14,15)16)12-11(9)18-6-7-19-12/h2-3,8H,4-7,17H2,1H3. The van der Waals surface area contributed by atoms with Gasteiger partial charge in [-0.15, -0.1) is 0 Å². The molecule has 0 aliphatic carbocycles. The van der Waals surface area contributed by atoms with E-state index in [1.54, 1.807) is 0 Å². The lowest BCUT2D eigenvalue weighted by Crippen LogP contribution is -2.21. The molecule has 0 radical (unpaired) electrons. The molecule has 0 spiro atoms. The first-order valence-corrected chi connectivity index (χ1v) is 6.15. The molecule has 0 bridgehead atoms. The Labute approximate surface area is 109 Å². The summed E-state index contributed by atoms with van der Waals surface area (Å²) in [5.74, 6) is 0.0462. The molecule has 1 aromatic rings. The van der Waals surface area contributed by atoms with Gasteiger partial charge in [-0.2, -0.15) is 13.2 Å². The van der Waals surface area contributed by atoms with E-state index in [0.717, 1.165) is 6.07 Å². The summed E-state index contributed by atoms with van der Waals surface area (Å²) in [6.07, 6.45) is -3.76. The minimum atomic E-state index is -4.44. The molecule has 6 heteroatoms. The molecule has 1 aromatic carbocycles. The molecule has 1 atom stereocenters. The van der Waals surface area contributed by atoms with Crippen molar-refractivity contribution >= 4 is 0 Å². The van der Waals surface area contributed by atoms with Gasteiger partial charge in [0.2, 0.25) is 0 Å². The number of hydrogen-bond donors (Lipinski definition) is 1. The van der Waals surface area contributed by atoms with Crippen molar-refractivity contribution < 1.29 is 22.6 Å². The molecule has 0 fully saturated rings. The molecule has 1 heterocycles. The van der Waals surface area contributed by atoms with Crippen LogP contribution in [0.5, 0.6) is 11.5 Å². The van der Waals surface area contributed by atoms with Crippen LogP contribution in [0.15, 0.2) is 12.1 Å². The van der Waals surface area contributed by atoms with Crippen LogP contribution in [0, 0.1) is 0 Å². The topological polar surface area (TPSA) is 44.5 Å². The summed E-state index contributed by atoms with van der Waals surface area (Å²) >= 11 is 0. The lowest BCUT2D eigenvalue weighted by Gasteiger charge is -2.26. The van der Waals surface area contributed by atoms with Crippen LogP contribution in [0.1, 0.15) is 30.4 Å². The van der Waals surface area contributed by atoms with E-state index in [9.17, 15) is 13.2 Å². The van der Waals surface area contributed by atoms with E-state index in [1.165, 1.54) is 6.07 Å². The highest BCUT2D eigenvalue weighted by Gasteiger charge is 2.38. The van der Waals surface area contributed by atoms with Gasteiger partial charge in [0, 0.05) is 5.56 Å². The Morgan fingerprint density at radius 1 is 1.21 bits per heavy atom. The SMILES string of the molecule is CC(CCN)c1ccc(C(F)(F)F)c2c1OCCO2. The van der Waals surface area contributed by atoms with Crippen molar-refractivity contribution in [1.82, 2.24) is 0 Å². The van der Waals surface area contributed by atoms with Gasteiger partial charge in [-0.05, 0) is 24.9 Å². The largest absolute Gasteiger partial charge is 0.486 e. The van der Waals surface area contributed by atoms with E-state index in [-0.39, 0.29) is 30.6 Å². The molecule has 2 N–H and O–H groups in total. The third-order valence-corrected chi connectivity index (χ3v) is 3.15. The van der Waals surface area contributed by atoms with Crippen molar-refractivity contribution in [3.8, 4) is 11.5 Å². The molecular weight excluding hydrogens is 259 g/mol. The number of alkyl halides is 3. The van der Waals surface area contributed by atoms with Crippen LogP contribution in [-0.4, -0.2) is 19.8 Å². The predicted octanol–water partition coefficient (Wildman–Crippen LogP) is 2.93. The second-order valence-corrected chi connectivity index (χ2v) is 4.53. The van der Waals surface area contributed by atoms with E-state index < -0.39 is 11.7 Å². The first kappa shape index (κ1) is 14.0. The first-order valence-electron chi connectivity index (χ1n) is 6.15. The molecule has 106 valence electrons. The summed E-state index contributed by atoms with van der Waals surface area (Å²) in [6, 6.07) is 2.51. The fraction of sp³-hybridized carbons (Fsp3) is 0.538. The minimum Gasteiger partial charge on any atom is -0.486 e. The number of rotatable bonds is 3. The van der Waals surface area contributed by atoms with Gasteiger partial charge in [-0.3, -0.25) is 0 Å². The zero-order valence-corrected chi connectivity index (χ0v) is 10.6. The molecule has 0 saturated carbocycles. The van der Waals surface area contributed by atoms with Crippen molar-refractivity contribution in [2.24, 2.45) is 5.73 Å². The van der Waals surface area contributed by atoms with Gasteiger partial charge in [0.05, 0.1) is 0 Å². The van der Waals surface area contributed by atoms with E-state index in [2.05, 4.69) is 0 Å². The summed E-state index contributed by atoms with van der Waals surface area (Å²) in [7, 11) is 0. The summed E-state index contributed by atoms with van der Waals surface area (Å²) in [6.45, 7) is 2.77. The van der Waals surface area contributed by atoms with Crippen LogP contribution < -0.4 is 15.2 Å². The molecule has 1 aliphatic heterocycles. The Morgan fingerprint density at radius 3 is 2.42 bits per heavy atom. The van der Waals surface area contributed by atoms with Crippen LogP contribution in [0.2, 0.25) is 0 Å². The fourth-order valence-corrected chi connectivity index (χ4v) is 2.17. The zero-order chi connectivity index (χ0) is 14.0. The van der Waals surface area contributed by atoms with Gasteiger partial charge >= 0.3 is 6.18 Å². The van der Waals surface area contributed by atoms with E-state index in [0.29, 0.717) is 18.5 Å². The van der Waals surface area contributed by atoms with Crippen LogP contribution in [-0.2, 0) is 6.18 Å². The van der Waals surface area contributed by atoms with Crippen molar-refractivity contribution in [3.63, 3.8) is 0 Å². The second kappa shape index (κ2) is 5.28. The van der Waals surface area contributed by atoms with Gasteiger partial charge in [0.1, 0.15) is 18.8 Å². The number of hydrogen-bond acceptors (Lipinski definition) is 3. The smallest absolute Gasteiger partial charge is 0.420 e. The number of fused-ring (bicyclic) bond motifs is 1. The molecule has 0 saturated heterocycles. The number of ether oxygens (including phenoxy) is 2. The molecule has 2 rings (SSSR count). The monoisotopic (exact) mass is 275 g/mol. The van der Waals surface area contributed by atoms with Gasteiger partial charge in [-0.1, -0.05) is 13.0 Å². The summed E-state index contributed by atoms with van der Waals surface area (Å²) < 4.78 is 49.3. The maximum Gasteiger partial charge on any atom is 0.420 e. The highest BCUT2D eigenvalue weighted by Crippen LogP contribution is 2.46. The lowest BCUT2D eigenvalue weighted by molar-refractivity contribution is -0.139. The molecule has 0 aromatic heterocycles. The quantitative estimate of drug-likeness (QED) is 0.922. The second-order valence-electron chi connectivity index (χ2n) is 4.53. The summed E-state index contributed by atoms with van der Waals surface area (Å²) in [5.41, 5.74) is 5.42. The average molecular weight is 275 g/mol. The van der Waals surface area contributed by atoms with Crippen molar-refractivity contribution in [2.75, 3.05) is 19.8 Å². The van der Waals surface area contributed by atoms with Crippen LogP contribution >= 0.6 is 0 Å². The fourth-order valence-electron chi connectivity index (χ4n) is 2.17. The van der Waals surface area contributed by atoms with E-state index >= 15 is 0 Å². The molecule has 1 aliphatic rings. The number of nitrogens with two attached hydrogens (primary N) is 1. The van der Waals surface area contributed by atoms with Gasteiger partial charge < -0.3 is 15.2 Å². The Morgan fingerprint density at radius 2 is 1.84 bits per heavy atom. The van der Waals surface area contributed by atoms with E-state index in [4.69, 9.17) is 15.2 Å². The number of halogens is 3. The molecule has 3 nitrogen and oxygen atoms in total. The predicted molar refractivity (Wildman–Crippen MR) is 64.5 cm³/mol. The Balaban J connectivity index is 2.49. The maximum absolute atomic E-state index is 12.9. The number of benzene rings is 1. The van der Waals surface area contributed by atoms with Crippen molar-refractivity contribution in [1.29, 1.82) is 0 Å². The lowest BCUT2D eigenvalue weighted by atomic mass is 9.94. The highest BCUT2D eigenvalue weighted by atomic mass is 19.4. The third kappa shape index (κ3) is 2.78. The van der Waals surface area contributed by atoms with Gasteiger partial charge in [-0.25, -0.2) is 0 Å². The zero-order valence-electron chi connectivity index (χ0n) is 10.6. The molecule has 19 heavy (non-hydrogen) atoms. The van der Waals surface area contributed by atoms with Gasteiger partial charge in [0.25, 0.3) is 0 Å². The van der Waals surface area contributed by atoms with Crippen LogP contribution in [0.25, 0.3) is 0 Å². The molecule has 0 amide bonds. The third-order valence-electron chi connectivity index (χ3n) is 3.15.